The molecule has 0 spiro atoms. The molecule has 0 aliphatic carbocycles. The van der Waals surface area contributed by atoms with Crippen LogP contribution < -0.4 is 5.73 Å². The molecule has 0 aliphatic rings. The van der Waals surface area contributed by atoms with Gasteiger partial charge in [-0.3, -0.25) is 0 Å². The number of nitrogens with zero attached hydrogens (tertiary/aromatic N) is 2. The van der Waals surface area contributed by atoms with E-state index in [0.717, 1.165) is 29.9 Å². The molecule has 0 unspecified atom stereocenters. The molecule has 1 aromatic rings. The summed E-state index contributed by atoms with van der Waals surface area (Å²) in [4.78, 5) is 9.21. The minimum Gasteiger partial charge on any atom is -0.383 e. The van der Waals surface area contributed by atoms with Crippen LogP contribution >= 0.6 is 0 Å². The lowest BCUT2D eigenvalue weighted by Crippen LogP contribution is -2.13. The van der Waals surface area contributed by atoms with Crippen molar-refractivity contribution in [1.29, 1.82) is 0 Å². The molecule has 0 fully saturated rings. The van der Waals surface area contributed by atoms with E-state index in [-0.39, 0.29) is 0 Å². The van der Waals surface area contributed by atoms with Gasteiger partial charge in [0, 0.05) is 17.7 Å². The molecule has 18 heavy (non-hydrogen) atoms. The van der Waals surface area contributed by atoms with Crippen LogP contribution in [0.4, 0.5) is 5.82 Å². The van der Waals surface area contributed by atoms with E-state index >= 15 is 0 Å². The maximum atomic E-state index is 6.12. The first-order chi connectivity index (χ1) is 8.31. The van der Waals surface area contributed by atoms with Gasteiger partial charge in [0.1, 0.15) is 11.6 Å². The maximum Gasteiger partial charge on any atom is 0.131 e. The number of rotatable bonds is 5. The minimum atomic E-state index is 0.381. The van der Waals surface area contributed by atoms with Crippen molar-refractivity contribution in [2.75, 3.05) is 5.73 Å². The molecule has 3 heteroatoms. The summed E-state index contributed by atoms with van der Waals surface area (Å²) >= 11 is 0. The van der Waals surface area contributed by atoms with Gasteiger partial charge in [0.2, 0.25) is 0 Å². The zero-order valence-corrected chi connectivity index (χ0v) is 12.6. The SMILES string of the molecule is CC(C)Cc1nc(N)c(C(C)C)c(CC(C)C)n1. The van der Waals surface area contributed by atoms with Crippen LogP contribution in [0, 0.1) is 11.8 Å². The van der Waals surface area contributed by atoms with Crippen molar-refractivity contribution in [3.05, 3.63) is 17.1 Å². The first-order valence-corrected chi connectivity index (χ1v) is 6.96. The van der Waals surface area contributed by atoms with E-state index in [0.29, 0.717) is 23.6 Å². The highest BCUT2D eigenvalue weighted by Gasteiger charge is 2.16. The highest BCUT2D eigenvalue weighted by Crippen LogP contribution is 2.25. The lowest BCUT2D eigenvalue weighted by Gasteiger charge is -2.17. The fourth-order valence-corrected chi connectivity index (χ4v) is 2.22. The summed E-state index contributed by atoms with van der Waals surface area (Å²) < 4.78 is 0. The Labute approximate surface area is 111 Å². The zero-order chi connectivity index (χ0) is 13.9. The van der Waals surface area contributed by atoms with Gasteiger partial charge in [-0.25, -0.2) is 9.97 Å². The minimum absolute atomic E-state index is 0.381. The van der Waals surface area contributed by atoms with Crippen LogP contribution in [0.5, 0.6) is 0 Å². The monoisotopic (exact) mass is 249 g/mol. The summed E-state index contributed by atoms with van der Waals surface area (Å²) in [7, 11) is 0. The van der Waals surface area contributed by atoms with Crippen molar-refractivity contribution >= 4 is 5.82 Å². The maximum absolute atomic E-state index is 6.12. The van der Waals surface area contributed by atoms with Gasteiger partial charge in [-0.05, 0) is 24.2 Å². The van der Waals surface area contributed by atoms with Gasteiger partial charge in [0.05, 0.1) is 0 Å². The summed E-state index contributed by atoms with van der Waals surface area (Å²) in [6.07, 6.45) is 1.87. The third-order valence-corrected chi connectivity index (χ3v) is 2.87. The van der Waals surface area contributed by atoms with Gasteiger partial charge in [-0.15, -0.1) is 0 Å². The number of nitrogen functional groups attached to an aromatic ring is 1. The summed E-state index contributed by atoms with van der Waals surface area (Å²) in [5.41, 5.74) is 8.40. The Balaban J connectivity index is 3.19. The van der Waals surface area contributed by atoms with E-state index in [1.807, 2.05) is 0 Å². The number of hydrogen-bond acceptors (Lipinski definition) is 3. The zero-order valence-electron chi connectivity index (χ0n) is 12.6. The Morgan fingerprint density at radius 1 is 0.889 bits per heavy atom. The summed E-state index contributed by atoms with van der Waals surface area (Å²) in [5.74, 6) is 3.09. The Hall–Kier alpha value is -1.12. The Morgan fingerprint density at radius 3 is 1.89 bits per heavy atom. The standard InChI is InChI=1S/C15H27N3/c1-9(2)7-12-14(11(5)6)15(16)18-13(17-12)8-10(3)4/h9-11H,7-8H2,1-6H3,(H2,16,17,18). The second-order valence-corrected chi connectivity index (χ2v) is 6.24. The highest BCUT2D eigenvalue weighted by atomic mass is 15.0. The number of nitrogens with two attached hydrogens (primary N) is 1. The molecular weight excluding hydrogens is 222 g/mol. The first kappa shape index (κ1) is 14.9. The lowest BCUT2D eigenvalue weighted by atomic mass is 9.96. The molecule has 0 saturated carbocycles. The van der Waals surface area contributed by atoms with Crippen LogP contribution in [0.2, 0.25) is 0 Å². The van der Waals surface area contributed by atoms with Gasteiger partial charge in [0.15, 0.2) is 0 Å². The second-order valence-electron chi connectivity index (χ2n) is 6.24. The molecule has 0 atom stereocenters. The molecule has 2 N–H and O–H groups in total. The average molecular weight is 249 g/mol. The molecule has 0 radical (unpaired) electrons. The van der Waals surface area contributed by atoms with Gasteiger partial charge in [-0.1, -0.05) is 41.5 Å². The highest BCUT2D eigenvalue weighted by molar-refractivity contribution is 5.44. The summed E-state index contributed by atoms with van der Waals surface area (Å²) in [5, 5.41) is 0. The lowest BCUT2D eigenvalue weighted by molar-refractivity contribution is 0.594. The van der Waals surface area contributed by atoms with Crippen molar-refractivity contribution < 1.29 is 0 Å². The molecule has 0 aromatic carbocycles. The van der Waals surface area contributed by atoms with E-state index in [2.05, 4.69) is 46.5 Å². The van der Waals surface area contributed by atoms with Crippen LogP contribution in [0.1, 0.15) is 64.5 Å². The van der Waals surface area contributed by atoms with Crippen molar-refractivity contribution in [3.8, 4) is 0 Å². The Bertz CT molecular complexity index is 395. The van der Waals surface area contributed by atoms with E-state index in [9.17, 15) is 0 Å². The predicted octanol–water partition coefficient (Wildman–Crippen LogP) is 3.58. The van der Waals surface area contributed by atoms with Crippen LogP contribution in [-0.4, -0.2) is 9.97 Å². The summed E-state index contributed by atoms with van der Waals surface area (Å²) in [6, 6.07) is 0. The Morgan fingerprint density at radius 2 is 1.44 bits per heavy atom. The second kappa shape index (κ2) is 6.17. The topological polar surface area (TPSA) is 51.8 Å². The fraction of sp³-hybridized carbons (Fsp3) is 0.733. The predicted molar refractivity (Wildman–Crippen MR) is 77.6 cm³/mol. The van der Waals surface area contributed by atoms with Crippen molar-refractivity contribution in [2.24, 2.45) is 11.8 Å². The van der Waals surface area contributed by atoms with Crippen molar-refractivity contribution in [1.82, 2.24) is 9.97 Å². The van der Waals surface area contributed by atoms with E-state index in [1.165, 1.54) is 0 Å². The summed E-state index contributed by atoms with van der Waals surface area (Å²) in [6.45, 7) is 13.1. The van der Waals surface area contributed by atoms with Crippen molar-refractivity contribution in [2.45, 2.75) is 60.3 Å². The normalized spacial score (nSPS) is 11.8. The Kier molecular flexibility index (Phi) is 5.12. The molecule has 3 nitrogen and oxygen atoms in total. The number of hydrogen-bond donors (Lipinski definition) is 1. The molecule has 0 aliphatic heterocycles. The molecule has 0 amide bonds. The van der Waals surface area contributed by atoms with Crippen LogP contribution in [0.3, 0.4) is 0 Å². The van der Waals surface area contributed by atoms with Crippen LogP contribution in [-0.2, 0) is 12.8 Å². The van der Waals surface area contributed by atoms with Crippen molar-refractivity contribution in [3.63, 3.8) is 0 Å². The van der Waals surface area contributed by atoms with Gasteiger partial charge in [-0.2, -0.15) is 0 Å². The molecule has 1 rings (SSSR count). The molecule has 1 heterocycles. The largest absolute Gasteiger partial charge is 0.383 e. The quantitative estimate of drug-likeness (QED) is 0.867. The van der Waals surface area contributed by atoms with Gasteiger partial charge in [0.25, 0.3) is 0 Å². The third-order valence-electron chi connectivity index (χ3n) is 2.87. The van der Waals surface area contributed by atoms with E-state index in [1.54, 1.807) is 0 Å². The smallest absolute Gasteiger partial charge is 0.131 e. The number of aromatic nitrogens is 2. The molecule has 0 saturated heterocycles. The molecule has 102 valence electrons. The van der Waals surface area contributed by atoms with Gasteiger partial charge >= 0.3 is 0 Å². The molecule has 0 bridgehead atoms. The van der Waals surface area contributed by atoms with Crippen LogP contribution in [0.15, 0.2) is 0 Å². The fourth-order valence-electron chi connectivity index (χ4n) is 2.22. The third kappa shape index (κ3) is 3.97. The van der Waals surface area contributed by atoms with E-state index < -0.39 is 0 Å². The molecular formula is C15H27N3. The van der Waals surface area contributed by atoms with E-state index in [4.69, 9.17) is 10.7 Å². The van der Waals surface area contributed by atoms with Gasteiger partial charge < -0.3 is 5.73 Å². The first-order valence-electron chi connectivity index (χ1n) is 6.96. The molecule has 1 aromatic heterocycles. The van der Waals surface area contributed by atoms with Crippen LogP contribution in [0.25, 0.3) is 0 Å². The number of anilines is 1. The average Bonchev–Trinajstić information content (AvgIpc) is 2.12.